The number of rotatable bonds is 5. The van der Waals surface area contributed by atoms with Crippen molar-refractivity contribution >= 4 is 17.2 Å². The third-order valence-electron chi connectivity index (χ3n) is 3.16. The summed E-state index contributed by atoms with van der Waals surface area (Å²) in [6.45, 7) is 7.86. The van der Waals surface area contributed by atoms with Gasteiger partial charge >= 0.3 is 0 Å². The van der Waals surface area contributed by atoms with Gasteiger partial charge in [-0.15, -0.1) is 11.3 Å². The standard InChI is InChI=1S/C15H20N2O2S/c1-9(2)8-12(13-6-5-7-20-13)16-15(18)14-10(3)17-19-11(14)4/h5-7,9,12H,8H2,1-4H3,(H,16,18). The van der Waals surface area contributed by atoms with Crippen LogP contribution in [0.5, 0.6) is 0 Å². The molecule has 0 aliphatic heterocycles. The van der Waals surface area contributed by atoms with E-state index in [9.17, 15) is 4.79 Å². The van der Waals surface area contributed by atoms with Crippen molar-refractivity contribution in [3.63, 3.8) is 0 Å². The van der Waals surface area contributed by atoms with Crippen LogP contribution in [0.4, 0.5) is 0 Å². The fourth-order valence-corrected chi connectivity index (χ4v) is 3.04. The molecular formula is C15H20N2O2S. The quantitative estimate of drug-likeness (QED) is 0.910. The molecule has 1 unspecified atom stereocenters. The smallest absolute Gasteiger partial charge is 0.257 e. The maximum atomic E-state index is 12.4. The van der Waals surface area contributed by atoms with Gasteiger partial charge in [-0.05, 0) is 37.6 Å². The van der Waals surface area contributed by atoms with Gasteiger partial charge in [-0.2, -0.15) is 0 Å². The topological polar surface area (TPSA) is 55.1 Å². The Labute approximate surface area is 123 Å². The maximum absolute atomic E-state index is 12.4. The van der Waals surface area contributed by atoms with Gasteiger partial charge in [0.2, 0.25) is 0 Å². The van der Waals surface area contributed by atoms with Crippen LogP contribution >= 0.6 is 11.3 Å². The van der Waals surface area contributed by atoms with Gasteiger partial charge in [0.1, 0.15) is 11.3 Å². The van der Waals surface area contributed by atoms with Crippen molar-refractivity contribution in [2.24, 2.45) is 5.92 Å². The first-order valence-electron chi connectivity index (χ1n) is 6.76. The minimum atomic E-state index is -0.111. The number of carbonyl (C=O) groups excluding carboxylic acids is 1. The average molecular weight is 292 g/mol. The van der Waals surface area contributed by atoms with E-state index in [0.717, 1.165) is 6.42 Å². The van der Waals surface area contributed by atoms with E-state index >= 15 is 0 Å². The van der Waals surface area contributed by atoms with Crippen LogP contribution in [0, 0.1) is 19.8 Å². The molecule has 0 saturated heterocycles. The molecule has 0 fully saturated rings. The number of aryl methyl sites for hydroxylation is 2. The highest BCUT2D eigenvalue weighted by Crippen LogP contribution is 2.26. The summed E-state index contributed by atoms with van der Waals surface area (Å²) in [7, 11) is 0. The summed E-state index contributed by atoms with van der Waals surface area (Å²) in [5.41, 5.74) is 1.18. The minimum absolute atomic E-state index is 0.0381. The van der Waals surface area contributed by atoms with Gasteiger partial charge in [0, 0.05) is 4.88 Å². The summed E-state index contributed by atoms with van der Waals surface area (Å²) in [5.74, 6) is 0.960. The van der Waals surface area contributed by atoms with E-state index in [1.807, 2.05) is 11.4 Å². The number of nitrogens with zero attached hydrogens (tertiary/aromatic N) is 1. The first-order valence-corrected chi connectivity index (χ1v) is 7.64. The first-order chi connectivity index (χ1) is 9.49. The van der Waals surface area contributed by atoms with E-state index in [1.54, 1.807) is 25.2 Å². The fraction of sp³-hybridized carbons (Fsp3) is 0.467. The minimum Gasteiger partial charge on any atom is -0.361 e. The molecule has 0 spiro atoms. The third-order valence-corrected chi connectivity index (χ3v) is 4.15. The lowest BCUT2D eigenvalue weighted by Crippen LogP contribution is -2.29. The number of thiophene rings is 1. The largest absolute Gasteiger partial charge is 0.361 e. The molecule has 2 aromatic rings. The van der Waals surface area contributed by atoms with Crippen molar-refractivity contribution in [1.82, 2.24) is 10.5 Å². The molecule has 0 radical (unpaired) electrons. The van der Waals surface area contributed by atoms with Crippen LogP contribution in [-0.4, -0.2) is 11.1 Å². The Morgan fingerprint density at radius 1 is 1.45 bits per heavy atom. The summed E-state index contributed by atoms with van der Waals surface area (Å²) in [5, 5.41) is 8.97. The van der Waals surface area contributed by atoms with Gasteiger partial charge in [0.05, 0.1) is 11.7 Å². The Morgan fingerprint density at radius 2 is 2.20 bits per heavy atom. The van der Waals surface area contributed by atoms with Gasteiger partial charge in [-0.1, -0.05) is 25.1 Å². The molecule has 2 rings (SSSR count). The zero-order chi connectivity index (χ0) is 14.7. The van der Waals surface area contributed by atoms with Gasteiger partial charge in [-0.3, -0.25) is 4.79 Å². The van der Waals surface area contributed by atoms with Gasteiger partial charge in [0.25, 0.3) is 5.91 Å². The van der Waals surface area contributed by atoms with Crippen molar-refractivity contribution in [2.75, 3.05) is 0 Å². The molecule has 0 aliphatic rings. The van der Waals surface area contributed by atoms with Crippen LogP contribution in [0.3, 0.4) is 0 Å². The van der Waals surface area contributed by atoms with E-state index in [4.69, 9.17) is 4.52 Å². The molecule has 4 nitrogen and oxygen atoms in total. The third kappa shape index (κ3) is 3.28. The van der Waals surface area contributed by atoms with Gasteiger partial charge < -0.3 is 9.84 Å². The van der Waals surface area contributed by atoms with Gasteiger partial charge in [-0.25, -0.2) is 0 Å². The Bertz CT molecular complexity index is 553. The van der Waals surface area contributed by atoms with Crippen LogP contribution in [0.15, 0.2) is 22.0 Å². The Morgan fingerprint density at radius 3 is 2.70 bits per heavy atom. The average Bonchev–Trinajstić information content (AvgIpc) is 2.98. The van der Waals surface area contributed by atoms with Crippen LogP contribution in [-0.2, 0) is 0 Å². The van der Waals surface area contributed by atoms with E-state index < -0.39 is 0 Å². The lowest BCUT2D eigenvalue weighted by molar-refractivity contribution is 0.0930. The highest BCUT2D eigenvalue weighted by molar-refractivity contribution is 7.10. The summed E-state index contributed by atoms with van der Waals surface area (Å²) >= 11 is 1.67. The number of nitrogens with one attached hydrogen (secondary N) is 1. The van der Waals surface area contributed by atoms with Crippen molar-refractivity contribution in [3.05, 3.63) is 39.4 Å². The van der Waals surface area contributed by atoms with Crippen molar-refractivity contribution < 1.29 is 9.32 Å². The van der Waals surface area contributed by atoms with Gasteiger partial charge in [0.15, 0.2) is 0 Å². The van der Waals surface area contributed by atoms with Crippen LogP contribution in [0.1, 0.15) is 53.0 Å². The maximum Gasteiger partial charge on any atom is 0.257 e. The zero-order valence-electron chi connectivity index (χ0n) is 12.3. The summed E-state index contributed by atoms with van der Waals surface area (Å²) in [4.78, 5) is 13.6. The number of carbonyl (C=O) groups is 1. The Hall–Kier alpha value is -1.62. The predicted octanol–water partition coefficient (Wildman–Crippen LogP) is 3.87. The molecule has 1 amide bonds. The van der Waals surface area contributed by atoms with E-state index in [2.05, 4.69) is 30.4 Å². The summed E-state index contributed by atoms with van der Waals surface area (Å²) < 4.78 is 5.06. The number of hydrogen-bond donors (Lipinski definition) is 1. The van der Waals surface area contributed by atoms with Crippen LogP contribution < -0.4 is 5.32 Å². The molecule has 20 heavy (non-hydrogen) atoms. The van der Waals surface area contributed by atoms with Crippen LogP contribution in [0.2, 0.25) is 0 Å². The molecule has 0 bridgehead atoms. The molecule has 0 aromatic carbocycles. The second kappa shape index (κ2) is 6.22. The second-order valence-corrected chi connectivity index (χ2v) is 6.35. The zero-order valence-corrected chi connectivity index (χ0v) is 13.1. The Balaban J connectivity index is 2.18. The molecular weight excluding hydrogens is 272 g/mol. The highest BCUT2D eigenvalue weighted by atomic mass is 32.1. The lowest BCUT2D eigenvalue weighted by atomic mass is 10.0. The first kappa shape index (κ1) is 14.8. The highest BCUT2D eigenvalue weighted by Gasteiger charge is 2.22. The number of hydrogen-bond acceptors (Lipinski definition) is 4. The molecule has 1 atom stereocenters. The second-order valence-electron chi connectivity index (χ2n) is 5.37. The molecule has 1 N–H and O–H groups in total. The van der Waals surface area contributed by atoms with Crippen molar-refractivity contribution in [3.8, 4) is 0 Å². The molecule has 5 heteroatoms. The van der Waals surface area contributed by atoms with Crippen LogP contribution in [0.25, 0.3) is 0 Å². The molecule has 2 heterocycles. The summed E-state index contributed by atoms with van der Waals surface area (Å²) in [6.07, 6.45) is 0.912. The SMILES string of the molecule is Cc1noc(C)c1C(=O)NC(CC(C)C)c1cccs1. The monoisotopic (exact) mass is 292 g/mol. The molecule has 0 saturated carbocycles. The fourth-order valence-electron chi connectivity index (χ4n) is 2.24. The van der Waals surface area contributed by atoms with Crippen molar-refractivity contribution in [2.45, 2.75) is 40.2 Å². The normalized spacial score (nSPS) is 12.7. The van der Waals surface area contributed by atoms with E-state index in [1.165, 1.54) is 4.88 Å². The number of amides is 1. The van der Waals surface area contributed by atoms with Crippen molar-refractivity contribution in [1.29, 1.82) is 0 Å². The Kier molecular flexibility index (Phi) is 4.60. The summed E-state index contributed by atoms with van der Waals surface area (Å²) in [6, 6.07) is 4.11. The predicted molar refractivity (Wildman–Crippen MR) is 80.0 cm³/mol. The molecule has 108 valence electrons. The van der Waals surface area contributed by atoms with E-state index in [-0.39, 0.29) is 11.9 Å². The number of aromatic nitrogens is 1. The lowest BCUT2D eigenvalue weighted by Gasteiger charge is -2.19. The van der Waals surface area contributed by atoms with E-state index in [0.29, 0.717) is 22.9 Å². The molecule has 0 aliphatic carbocycles. The molecule has 2 aromatic heterocycles.